The molecule has 1 aliphatic rings. The molecule has 1 saturated heterocycles. The lowest BCUT2D eigenvalue weighted by molar-refractivity contribution is 0.0887. The van der Waals surface area contributed by atoms with Crippen LogP contribution in [0.1, 0.15) is 35.7 Å². The van der Waals surface area contributed by atoms with E-state index in [0.717, 1.165) is 37.2 Å². The van der Waals surface area contributed by atoms with Gasteiger partial charge in [-0.25, -0.2) is 0 Å². The van der Waals surface area contributed by atoms with Crippen LogP contribution in [0.4, 0.5) is 0 Å². The summed E-state index contributed by atoms with van der Waals surface area (Å²) in [6, 6.07) is 5.56. The van der Waals surface area contributed by atoms with Crippen molar-refractivity contribution in [1.82, 2.24) is 10.6 Å². The van der Waals surface area contributed by atoms with Crippen LogP contribution < -0.4 is 15.4 Å². The first-order chi connectivity index (χ1) is 9.04. The van der Waals surface area contributed by atoms with Crippen LogP contribution in [0.5, 0.6) is 5.75 Å². The molecule has 1 aliphatic heterocycles. The van der Waals surface area contributed by atoms with E-state index in [1.165, 1.54) is 0 Å². The van der Waals surface area contributed by atoms with Gasteiger partial charge in [0, 0.05) is 11.1 Å². The molecule has 0 aliphatic carbocycles. The van der Waals surface area contributed by atoms with Crippen LogP contribution in [-0.4, -0.2) is 31.6 Å². The van der Waals surface area contributed by atoms with Crippen LogP contribution in [0.3, 0.4) is 0 Å². The Morgan fingerprint density at radius 3 is 2.68 bits per heavy atom. The van der Waals surface area contributed by atoms with E-state index >= 15 is 0 Å². The number of nitrogens with one attached hydrogen (secondary N) is 2. The second-order valence-corrected chi connectivity index (χ2v) is 5.45. The lowest BCUT2D eigenvalue weighted by atomic mass is 9.90. The summed E-state index contributed by atoms with van der Waals surface area (Å²) in [6.07, 6.45) is 1.92. The molecule has 4 heteroatoms. The SMILES string of the molecule is COc1cc(C(=O)NC2(C)CCNCC2)ccc1C. The quantitative estimate of drug-likeness (QED) is 0.874. The van der Waals surface area contributed by atoms with Crippen molar-refractivity contribution in [2.24, 2.45) is 0 Å². The second-order valence-electron chi connectivity index (χ2n) is 5.45. The number of carbonyl (C=O) groups is 1. The molecule has 19 heavy (non-hydrogen) atoms. The minimum absolute atomic E-state index is 0.0253. The maximum Gasteiger partial charge on any atom is 0.251 e. The third-order valence-electron chi connectivity index (χ3n) is 3.79. The molecular weight excluding hydrogens is 240 g/mol. The molecule has 0 spiro atoms. The first-order valence-electron chi connectivity index (χ1n) is 6.72. The Morgan fingerprint density at radius 1 is 1.37 bits per heavy atom. The lowest BCUT2D eigenvalue weighted by Gasteiger charge is -2.35. The zero-order valence-electron chi connectivity index (χ0n) is 11.9. The molecule has 0 atom stereocenters. The van der Waals surface area contributed by atoms with Crippen molar-refractivity contribution in [2.75, 3.05) is 20.2 Å². The summed E-state index contributed by atoms with van der Waals surface area (Å²) in [6.45, 7) is 5.98. The number of amides is 1. The van der Waals surface area contributed by atoms with Crippen molar-refractivity contribution in [3.63, 3.8) is 0 Å². The van der Waals surface area contributed by atoms with Crippen molar-refractivity contribution >= 4 is 5.91 Å². The number of piperidine rings is 1. The summed E-state index contributed by atoms with van der Waals surface area (Å²) in [4.78, 5) is 12.3. The smallest absolute Gasteiger partial charge is 0.251 e. The first kappa shape index (κ1) is 13.9. The van der Waals surface area contributed by atoms with E-state index in [4.69, 9.17) is 4.74 Å². The third kappa shape index (κ3) is 3.26. The number of carbonyl (C=O) groups excluding carboxylic acids is 1. The molecule has 2 N–H and O–H groups in total. The van der Waals surface area contributed by atoms with Crippen LogP contribution in [-0.2, 0) is 0 Å². The van der Waals surface area contributed by atoms with Crippen molar-refractivity contribution < 1.29 is 9.53 Å². The fourth-order valence-corrected chi connectivity index (χ4v) is 2.41. The highest BCUT2D eigenvalue weighted by Gasteiger charge is 2.28. The van der Waals surface area contributed by atoms with Gasteiger partial charge < -0.3 is 15.4 Å². The maximum atomic E-state index is 12.3. The molecule has 1 heterocycles. The van der Waals surface area contributed by atoms with Gasteiger partial charge in [0.25, 0.3) is 5.91 Å². The van der Waals surface area contributed by atoms with Crippen LogP contribution >= 0.6 is 0 Å². The number of aryl methyl sites for hydroxylation is 1. The fraction of sp³-hybridized carbons (Fsp3) is 0.533. The topological polar surface area (TPSA) is 50.4 Å². The summed E-state index contributed by atoms with van der Waals surface area (Å²) < 4.78 is 5.26. The Morgan fingerprint density at radius 2 is 2.05 bits per heavy atom. The highest BCUT2D eigenvalue weighted by atomic mass is 16.5. The van der Waals surface area contributed by atoms with Crippen LogP contribution in [0.2, 0.25) is 0 Å². The normalized spacial score (nSPS) is 17.8. The van der Waals surface area contributed by atoms with Gasteiger partial charge in [-0.05, 0) is 57.5 Å². The van der Waals surface area contributed by atoms with Crippen LogP contribution in [0, 0.1) is 6.92 Å². The minimum atomic E-state index is -0.111. The molecular formula is C15H22N2O2. The highest BCUT2D eigenvalue weighted by Crippen LogP contribution is 2.21. The second kappa shape index (κ2) is 5.61. The zero-order valence-corrected chi connectivity index (χ0v) is 11.9. The number of rotatable bonds is 3. The van der Waals surface area contributed by atoms with Gasteiger partial charge in [-0.1, -0.05) is 6.07 Å². The molecule has 0 radical (unpaired) electrons. The Bertz CT molecular complexity index is 465. The highest BCUT2D eigenvalue weighted by molar-refractivity contribution is 5.95. The molecule has 0 saturated carbocycles. The van der Waals surface area contributed by atoms with Gasteiger partial charge in [0.15, 0.2) is 0 Å². The standard InChI is InChI=1S/C15H22N2O2/c1-11-4-5-12(10-13(11)19-3)14(18)17-15(2)6-8-16-9-7-15/h4-5,10,16H,6-9H2,1-3H3,(H,17,18). The molecule has 104 valence electrons. The fourth-order valence-electron chi connectivity index (χ4n) is 2.41. The molecule has 1 amide bonds. The van der Waals surface area contributed by atoms with E-state index < -0.39 is 0 Å². The molecule has 0 unspecified atom stereocenters. The van der Waals surface area contributed by atoms with Gasteiger partial charge >= 0.3 is 0 Å². The summed E-state index contributed by atoms with van der Waals surface area (Å²) in [7, 11) is 1.62. The molecule has 4 nitrogen and oxygen atoms in total. The Hall–Kier alpha value is -1.55. The van der Waals surface area contributed by atoms with E-state index in [2.05, 4.69) is 17.6 Å². The molecule has 0 bridgehead atoms. The zero-order chi connectivity index (χ0) is 13.9. The van der Waals surface area contributed by atoms with E-state index in [1.807, 2.05) is 19.1 Å². The molecule has 1 aromatic rings. The lowest BCUT2D eigenvalue weighted by Crippen LogP contribution is -2.52. The van der Waals surface area contributed by atoms with Gasteiger partial charge in [0.05, 0.1) is 7.11 Å². The van der Waals surface area contributed by atoms with E-state index in [0.29, 0.717) is 5.56 Å². The Kier molecular flexibility index (Phi) is 4.10. The summed E-state index contributed by atoms with van der Waals surface area (Å²) >= 11 is 0. The average Bonchev–Trinajstić information content (AvgIpc) is 2.39. The molecule has 0 aromatic heterocycles. The summed E-state index contributed by atoms with van der Waals surface area (Å²) in [5, 5.41) is 6.46. The predicted molar refractivity (Wildman–Crippen MR) is 75.7 cm³/mol. The number of hydrogen-bond donors (Lipinski definition) is 2. The van der Waals surface area contributed by atoms with Gasteiger partial charge in [0.1, 0.15) is 5.75 Å². The average molecular weight is 262 g/mol. The molecule has 1 fully saturated rings. The van der Waals surface area contributed by atoms with Gasteiger partial charge in [0.2, 0.25) is 0 Å². The third-order valence-corrected chi connectivity index (χ3v) is 3.79. The Labute approximate surface area is 114 Å². The van der Waals surface area contributed by atoms with Crippen molar-refractivity contribution in [1.29, 1.82) is 0 Å². The van der Waals surface area contributed by atoms with Crippen LogP contribution in [0.15, 0.2) is 18.2 Å². The summed E-state index contributed by atoms with van der Waals surface area (Å²) in [5.41, 5.74) is 1.58. The number of benzene rings is 1. The Balaban J connectivity index is 2.11. The summed E-state index contributed by atoms with van der Waals surface area (Å²) in [5.74, 6) is 0.728. The minimum Gasteiger partial charge on any atom is -0.496 e. The van der Waals surface area contributed by atoms with Crippen molar-refractivity contribution in [3.05, 3.63) is 29.3 Å². The van der Waals surface area contributed by atoms with E-state index in [1.54, 1.807) is 13.2 Å². The van der Waals surface area contributed by atoms with Crippen LogP contribution in [0.25, 0.3) is 0 Å². The number of ether oxygens (including phenoxy) is 1. The first-order valence-corrected chi connectivity index (χ1v) is 6.72. The van der Waals surface area contributed by atoms with E-state index in [-0.39, 0.29) is 11.4 Å². The van der Waals surface area contributed by atoms with Gasteiger partial charge in [-0.3, -0.25) is 4.79 Å². The predicted octanol–water partition coefficient (Wildman–Crippen LogP) is 1.88. The van der Waals surface area contributed by atoms with Crippen molar-refractivity contribution in [2.45, 2.75) is 32.2 Å². The molecule has 1 aromatic carbocycles. The van der Waals surface area contributed by atoms with Crippen molar-refractivity contribution in [3.8, 4) is 5.75 Å². The number of methoxy groups -OCH3 is 1. The van der Waals surface area contributed by atoms with E-state index in [9.17, 15) is 4.79 Å². The number of hydrogen-bond acceptors (Lipinski definition) is 3. The van der Waals surface area contributed by atoms with Gasteiger partial charge in [-0.2, -0.15) is 0 Å². The molecule has 2 rings (SSSR count). The maximum absolute atomic E-state index is 12.3. The van der Waals surface area contributed by atoms with Gasteiger partial charge in [-0.15, -0.1) is 0 Å². The monoisotopic (exact) mass is 262 g/mol. The largest absolute Gasteiger partial charge is 0.496 e.